The van der Waals surface area contributed by atoms with Gasteiger partial charge in [0.1, 0.15) is 0 Å². The van der Waals surface area contributed by atoms with Crippen molar-refractivity contribution < 1.29 is 9.59 Å². The van der Waals surface area contributed by atoms with E-state index in [0.717, 1.165) is 30.8 Å². The van der Waals surface area contributed by atoms with Crippen molar-refractivity contribution >= 4 is 23.2 Å². The van der Waals surface area contributed by atoms with Gasteiger partial charge in [0.2, 0.25) is 11.8 Å². The molecule has 0 saturated carbocycles. The molecule has 0 spiro atoms. The maximum Gasteiger partial charge on any atom is 0.243 e. The van der Waals surface area contributed by atoms with Gasteiger partial charge in [0.05, 0.1) is 6.54 Å². The van der Waals surface area contributed by atoms with Crippen LogP contribution < -0.4 is 10.6 Å². The van der Waals surface area contributed by atoms with Crippen LogP contribution in [0.1, 0.15) is 18.4 Å². The van der Waals surface area contributed by atoms with Crippen LogP contribution in [0.25, 0.3) is 0 Å². The lowest BCUT2D eigenvalue weighted by molar-refractivity contribution is -0.131. The van der Waals surface area contributed by atoms with Gasteiger partial charge in [-0.1, -0.05) is 0 Å². The summed E-state index contributed by atoms with van der Waals surface area (Å²) in [6, 6.07) is 5.87. The van der Waals surface area contributed by atoms with Gasteiger partial charge in [-0.25, -0.2) is 0 Å². The van der Waals surface area contributed by atoms with Crippen LogP contribution in [-0.4, -0.2) is 36.3 Å². The monoisotopic (exact) mass is 259 g/mol. The zero-order valence-electron chi connectivity index (χ0n) is 10.7. The molecule has 19 heavy (non-hydrogen) atoms. The Morgan fingerprint density at radius 3 is 3.05 bits per heavy atom. The lowest BCUT2D eigenvalue weighted by Crippen LogP contribution is -2.33. The smallest absolute Gasteiger partial charge is 0.243 e. The SMILES string of the molecule is O=C(CN1CCCC1=O)Nc1ccc2c(c1)CCN2. The van der Waals surface area contributed by atoms with Crippen LogP contribution in [0.2, 0.25) is 0 Å². The largest absolute Gasteiger partial charge is 0.384 e. The number of nitrogens with one attached hydrogen (secondary N) is 2. The van der Waals surface area contributed by atoms with E-state index in [2.05, 4.69) is 10.6 Å². The van der Waals surface area contributed by atoms with E-state index in [9.17, 15) is 9.59 Å². The van der Waals surface area contributed by atoms with Crippen molar-refractivity contribution in [2.75, 3.05) is 30.3 Å². The summed E-state index contributed by atoms with van der Waals surface area (Å²) in [7, 11) is 0. The van der Waals surface area contributed by atoms with E-state index < -0.39 is 0 Å². The maximum atomic E-state index is 11.9. The molecule has 2 amide bonds. The number of hydrogen-bond donors (Lipinski definition) is 2. The molecule has 0 unspecified atom stereocenters. The van der Waals surface area contributed by atoms with Crippen LogP contribution >= 0.6 is 0 Å². The van der Waals surface area contributed by atoms with E-state index in [0.29, 0.717) is 13.0 Å². The number of likely N-dealkylation sites (tertiary alicyclic amines) is 1. The number of rotatable bonds is 3. The second kappa shape index (κ2) is 4.91. The van der Waals surface area contributed by atoms with Crippen LogP contribution in [0.4, 0.5) is 11.4 Å². The Balaban J connectivity index is 1.61. The topological polar surface area (TPSA) is 61.4 Å². The van der Waals surface area contributed by atoms with Crippen molar-refractivity contribution in [1.82, 2.24) is 4.90 Å². The third-order valence-corrected chi connectivity index (χ3v) is 3.60. The number of nitrogens with zero attached hydrogens (tertiary/aromatic N) is 1. The van der Waals surface area contributed by atoms with Gasteiger partial charge in [0.15, 0.2) is 0 Å². The summed E-state index contributed by atoms with van der Waals surface area (Å²) < 4.78 is 0. The van der Waals surface area contributed by atoms with E-state index in [1.165, 1.54) is 5.56 Å². The molecule has 1 aromatic rings. The van der Waals surface area contributed by atoms with Crippen molar-refractivity contribution in [3.63, 3.8) is 0 Å². The van der Waals surface area contributed by atoms with E-state index in [1.807, 2.05) is 18.2 Å². The molecule has 2 aliphatic heterocycles. The summed E-state index contributed by atoms with van der Waals surface area (Å²) in [5.41, 5.74) is 3.18. The van der Waals surface area contributed by atoms with Gasteiger partial charge in [-0.3, -0.25) is 9.59 Å². The Bertz CT molecular complexity index is 527. The molecule has 2 aliphatic rings. The fourth-order valence-corrected chi connectivity index (χ4v) is 2.63. The van der Waals surface area contributed by atoms with Gasteiger partial charge in [0.25, 0.3) is 0 Å². The van der Waals surface area contributed by atoms with Crippen LogP contribution in [0, 0.1) is 0 Å². The van der Waals surface area contributed by atoms with Gasteiger partial charge in [-0.05, 0) is 36.6 Å². The minimum Gasteiger partial charge on any atom is -0.384 e. The van der Waals surface area contributed by atoms with Crippen LogP contribution in [0.15, 0.2) is 18.2 Å². The average molecular weight is 259 g/mol. The molecular formula is C14H17N3O2. The molecule has 100 valence electrons. The molecule has 3 rings (SSSR count). The number of benzene rings is 1. The molecular weight excluding hydrogens is 242 g/mol. The highest BCUT2D eigenvalue weighted by atomic mass is 16.2. The molecule has 1 fully saturated rings. The molecule has 1 aromatic carbocycles. The fraction of sp³-hybridized carbons (Fsp3) is 0.429. The highest BCUT2D eigenvalue weighted by Gasteiger charge is 2.22. The van der Waals surface area contributed by atoms with Crippen LogP contribution in [0.5, 0.6) is 0 Å². The number of hydrogen-bond acceptors (Lipinski definition) is 3. The molecule has 0 aromatic heterocycles. The third kappa shape index (κ3) is 2.54. The quantitative estimate of drug-likeness (QED) is 0.858. The normalized spacial score (nSPS) is 17.3. The van der Waals surface area contributed by atoms with Crippen molar-refractivity contribution in [2.24, 2.45) is 0 Å². The third-order valence-electron chi connectivity index (χ3n) is 3.60. The summed E-state index contributed by atoms with van der Waals surface area (Å²) in [6.07, 6.45) is 2.41. The number of fused-ring (bicyclic) bond motifs is 1. The van der Waals surface area contributed by atoms with E-state index in [4.69, 9.17) is 0 Å². The zero-order valence-corrected chi connectivity index (χ0v) is 10.7. The van der Waals surface area contributed by atoms with Crippen LogP contribution in [-0.2, 0) is 16.0 Å². The summed E-state index contributed by atoms with van der Waals surface area (Å²) in [5, 5.41) is 6.14. The predicted molar refractivity (Wildman–Crippen MR) is 73.1 cm³/mol. The minimum absolute atomic E-state index is 0.0771. The summed E-state index contributed by atoms with van der Waals surface area (Å²) in [6.45, 7) is 1.81. The predicted octanol–water partition coefficient (Wildman–Crippen LogP) is 1.22. The Labute approximate surface area is 112 Å². The highest BCUT2D eigenvalue weighted by Crippen LogP contribution is 2.25. The lowest BCUT2D eigenvalue weighted by Gasteiger charge is -2.15. The first-order chi connectivity index (χ1) is 9.22. The Kier molecular flexibility index (Phi) is 3.11. The van der Waals surface area contributed by atoms with Gasteiger partial charge in [0, 0.05) is 30.9 Å². The van der Waals surface area contributed by atoms with Gasteiger partial charge < -0.3 is 15.5 Å². The minimum atomic E-state index is -0.124. The number of amides is 2. The first-order valence-corrected chi connectivity index (χ1v) is 6.67. The average Bonchev–Trinajstić information content (AvgIpc) is 2.98. The number of carbonyl (C=O) groups is 2. The Hall–Kier alpha value is -2.04. The van der Waals surface area contributed by atoms with Crippen molar-refractivity contribution in [3.8, 4) is 0 Å². The second-order valence-corrected chi connectivity index (χ2v) is 5.02. The van der Waals surface area contributed by atoms with E-state index in [1.54, 1.807) is 4.90 Å². The van der Waals surface area contributed by atoms with Crippen molar-refractivity contribution in [3.05, 3.63) is 23.8 Å². The van der Waals surface area contributed by atoms with E-state index >= 15 is 0 Å². The first-order valence-electron chi connectivity index (χ1n) is 6.67. The first kappa shape index (κ1) is 12.0. The number of carbonyl (C=O) groups excluding carboxylic acids is 2. The van der Waals surface area contributed by atoms with E-state index in [-0.39, 0.29) is 18.4 Å². The molecule has 0 radical (unpaired) electrons. The summed E-state index contributed by atoms with van der Waals surface area (Å²) >= 11 is 0. The molecule has 0 bridgehead atoms. The molecule has 0 aliphatic carbocycles. The Morgan fingerprint density at radius 1 is 1.37 bits per heavy atom. The van der Waals surface area contributed by atoms with Gasteiger partial charge >= 0.3 is 0 Å². The molecule has 2 heterocycles. The summed E-state index contributed by atoms with van der Waals surface area (Å²) in [4.78, 5) is 25.0. The Morgan fingerprint density at radius 2 is 2.26 bits per heavy atom. The zero-order chi connectivity index (χ0) is 13.2. The molecule has 2 N–H and O–H groups in total. The maximum absolute atomic E-state index is 11.9. The molecule has 5 nitrogen and oxygen atoms in total. The van der Waals surface area contributed by atoms with Crippen molar-refractivity contribution in [1.29, 1.82) is 0 Å². The highest BCUT2D eigenvalue weighted by molar-refractivity contribution is 5.95. The molecule has 1 saturated heterocycles. The van der Waals surface area contributed by atoms with Gasteiger partial charge in [-0.2, -0.15) is 0 Å². The molecule has 5 heteroatoms. The second-order valence-electron chi connectivity index (χ2n) is 5.02. The summed E-state index contributed by atoms with van der Waals surface area (Å²) in [5.74, 6) is -0.0468. The lowest BCUT2D eigenvalue weighted by atomic mass is 10.1. The van der Waals surface area contributed by atoms with Crippen molar-refractivity contribution in [2.45, 2.75) is 19.3 Å². The van der Waals surface area contributed by atoms with Gasteiger partial charge in [-0.15, -0.1) is 0 Å². The van der Waals surface area contributed by atoms with Crippen LogP contribution in [0.3, 0.4) is 0 Å². The fourth-order valence-electron chi connectivity index (χ4n) is 2.63. The standard InChI is InChI=1S/C14H17N3O2/c18-13(9-17-7-1-2-14(17)19)16-11-3-4-12-10(8-11)5-6-15-12/h3-4,8,15H,1-2,5-7,9H2,(H,16,18). The number of anilines is 2. The molecule has 0 atom stereocenters.